The molecule has 0 aliphatic carbocycles. The smallest absolute Gasteiger partial charge is 0.251 e. The van der Waals surface area contributed by atoms with E-state index in [-0.39, 0.29) is 30.2 Å². The third kappa shape index (κ3) is 6.86. The van der Waals surface area contributed by atoms with E-state index in [4.69, 9.17) is 11.6 Å². The minimum Gasteiger partial charge on any atom is -0.345 e. The number of carbonyl (C=O) groups is 3. The van der Waals surface area contributed by atoms with Crippen LogP contribution in [-0.4, -0.2) is 48.3 Å². The van der Waals surface area contributed by atoms with E-state index in [2.05, 4.69) is 10.6 Å². The molecule has 0 radical (unpaired) electrons. The minimum absolute atomic E-state index is 0.0375. The van der Waals surface area contributed by atoms with Crippen LogP contribution in [0, 0.1) is 5.92 Å². The Labute approximate surface area is 165 Å². The highest BCUT2D eigenvalue weighted by molar-refractivity contribution is 6.30. The quantitative estimate of drug-likeness (QED) is 0.747. The average molecular weight is 394 g/mol. The number of likely N-dealkylation sites (tertiary alicyclic amines) is 1. The van der Waals surface area contributed by atoms with Gasteiger partial charge in [-0.1, -0.05) is 25.4 Å². The van der Waals surface area contributed by atoms with Crippen molar-refractivity contribution in [3.05, 3.63) is 34.9 Å². The molecule has 2 N–H and O–H groups in total. The van der Waals surface area contributed by atoms with E-state index in [0.717, 1.165) is 32.4 Å². The van der Waals surface area contributed by atoms with Gasteiger partial charge >= 0.3 is 0 Å². The third-order valence-corrected chi connectivity index (χ3v) is 4.81. The number of nitrogens with one attached hydrogen (secondary N) is 2. The maximum Gasteiger partial charge on any atom is 0.251 e. The number of piperidine rings is 1. The van der Waals surface area contributed by atoms with Crippen LogP contribution in [-0.2, 0) is 9.59 Å². The highest BCUT2D eigenvalue weighted by Crippen LogP contribution is 2.11. The minimum atomic E-state index is -0.692. The van der Waals surface area contributed by atoms with Crippen molar-refractivity contribution in [1.82, 2.24) is 15.5 Å². The lowest BCUT2D eigenvalue weighted by Gasteiger charge is -2.27. The van der Waals surface area contributed by atoms with Crippen LogP contribution in [0.5, 0.6) is 0 Å². The fraction of sp³-hybridized carbons (Fsp3) is 0.550. The second-order valence-electron chi connectivity index (χ2n) is 7.32. The average Bonchev–Trinajstić information content (AvgIpc) is 2.66. The van der Waals surface area contributed by atoms with E-state index in [9.17, 15) is 14.4 Å². The zero-order valence-corrected chi connectivity index (χ0v) is 16.7. The first-order valence-electron chi connectivity index (χ1n) is 9.48. The molecule has 1 unspecified atom stereocenters. The summed E-state index contributed by atoms with van der Waals surface area (Å²) in [6, 6.07) is 5.79. The highest BCUT2D eigenvalue weighted by atomic mass is 35.5. The molecule has 148 valence electrons. The zero-order chi connectivity index (χ0) is 19.8. The molecule has 1 aromatic carbocycles. The number of nitrogens with zero attached hydrogens (tertiary/aromatic N) is 1. The lowest BCUT2D eigenvalue weighted by Crippen LogP contribution is -2.50. The van der Waals surface area contributed by atoms with E-state index >= 15 is 0 Å². The van der Waals surface area contributed by atoms with Crippen LogP contribution < -0.4 is 10.6 Å². The predicted molar refractivity (Wildman–Crippen MR) is 106 cm³/mol. The van der Waals surface area contributed by atoms with Crippen LogP contribution in [0.15, 0.2) is 24.3 Å². The second-order valence-corrected chi connectivity index (χ2v) is 7.76. The van der Waals surface area contributed by atoms with Gasteiger partial charge in [-0.15, -0.1) is 0 Å². The normalized spacial score (nSPS) is 15.3. The Morgan fingerprint density at radius 1 is 1.07 bits per heavy atom. The number of rotatable bonds is 7. The Balaban J connectivity index is 1.93. The van der Waals surface area contributed by atoms with Gasteiger partial charge in [0.25, 0.3) is 5.91 Å². The van der Waals surface area contributed by atoms with Crippen molar-refractivity contribution in [2.45, 2.75) is 45.6 Å². The van der Waals surface area contributed by atoms with Crippen molar-refractivity contribution >= 4 is 29.3 Å². The van der Waals surface area contributed by atoms with Gasteiger partial charge in [0.15, 0.2) is 0 Å². The van der Waals surface area contributed by atoms with E-state index in [0.29, 0.717) is 17.0 Å². The van der Waals surface area contributed by atoms with E-state index < -0.39 is 6.04 Å². The third-order valence-electron chi connectivity index (χ3n) is 4.56. The van der Waals surface area contributed by atoms with E-state index in [1.54, 1.807) is 29.2 Å². The number of carbonyl (C=O) groups excluding carboxylic acids is 3. The van der Waals surface area contributed by atoms with Gasteiger partial charge in [0, 0.05) is 23.7 Å². The van der Waals surface area contributed by atoms with Gasteiger partial charge in [-0.25, -0.2) is 0 Å². The first-order valence-corrected chi connectivity index (χ1v) is 9.86. The SMILES string of the molecule is CC(C)CC(NC(=O)c1ccc(Cl)cc1)C(=O)NCC(=O)N1CCCCC1. The molecule has 1 heterocycles. The van der Waals surface area contributed by atoms with Crippen LogP contribution in [0.2, 0.25) is 5.02 Å². The zero-order valence-electron chi connectivity index (χ0n) is 16.0. The Morgan fingerprint density at radius 2 is 1.70 bits per heavy atom. The van der Waals surface area contributed by atoms with Gasteiger partial charge in [-0.2, -0.15) is 0 Å². The molecule has 0 spiro atoms. The number of amides is 3. The molecular weight excluding hydrogens is 366 g/mol. The molecule has 1 fully saturated rings. The van der Waals surface area contributed by atoms with Crippen molar-refractivity contribution in [2.24, 2.45) is 5.92 Å². The maximum atomic E-state index is 12.6. The second kappa shape index (κ2) is 10.3. The fourth-order valence-corrected chi connectivity index (χ4v) is 3.21. The van der Waals surface area contributed by atoms with Crippen molar-refractivity contribution in [3.63, 3.8) is 0 Å². The molecule has 3 amide bonds. The van der Waals surface area contributed by atoms with Crippen LogP contribution in [0.4, 0.5) is 0 Å². The summed E-state index contributed by atoms with van der Waals surface area (Å²) in [6.45, 7) is 5.42. The van der Waals surface area contributed by atoms with Gasteiger partial charge in [0.05, 0.1) is 6.54 Å². The molecule has 27 heavy (non-hydrogen) atoms. The highest BCUT2D eigenvalue weighted by Gasteiger charge is 2.24. The Kier molecular flexibility index (Phi) is 8.10. The van der Waals surface area contributed by atoms with Gasteiger partial charge in [0.2, 0.25) is 11.8 Å². The first kappa shape index (κ1) is 21.2. The largest absolute Gasteiger partial charge is 0.345 e. The summed E-state index contributed by atoms with van der Waals surface area (Å²) in [5, 5.41) is 5.99. The first-order chi connectivity index (χ1) is 12.9. The molecule has 1 atom stereocenters. The predicted octanol–water partition coefficient (Wildman–Crippen LogP) is 2.61. The molecule has 1 saturated heterocycles. The summed E-state index contributed by atoms with van der Waals surface area (Å²) in [5.41, 5.74) is 0.436. The molecule has 7 heteroatoms. The summed E-state index contributed by atoms with van der Waals surface area (Å²) >= 11 is 5.84. The molecule has 0 aromatic heterocycles. The number of halogens is 1. The lowest BCUT2D eigenvalue weighted by molar-refractivity contribution is -0.134. The fourth-order valence-electron chi connectivity index (χ4n) is 3.09. The molecule has 1 aliphatic rings. The van der Waals surface area contributed by atoms with Gasteiger partial charge < -0.3 is 15.5 Å². The van der Waals surface area contributed by atoms with E-state index in [1.807, 2.05) is 13.8 Å². The molecule has 1 aliphatic heterocycles. The Morgan fingerprint density at radius 3 is 2.30 bits per heavy atom. The molecular formula is C20H28ClN3O3. The molecule has 6 nitrogen and oxygen atoms in total. The summed E-state index contributed by atoms with van der Waals surface area (Å²) in [6.07, 6.45) is 3.64. The number of benzene rings is 1. The standard InChI is InChI=1S/C20H28ClN3O3/c1-14(2)12-17(23-19(26)15-6-8-16(21)9-7-15)20(27)22-13-18(25)24-10-4-3-5-11-24/h6-9,14,17H,3-5,10-13H2,1-2H3,(H,22,27)(H,23,26). The Bertz CT molecular complexity index is 655. The molecule has 0 saturated carbocycles. The lowest BCUT2D eigenvalue weighted by atomic mass is 10.0. The van der Waals surface area contributed by atoms with Gasteiger partial charge in [0.1, 0.15) is 6.04 Å². The van der Waals surface area contributed by atoms with Gasteiger partial charge in [-0.05, 0) is 55.9 Å². The van der Waals surface area contributed by atoms with Crippen molar-refractivity contribution in [2.75, 3.05) is 19.6 Å². The van der Waals surface area contributed by atoms with Gasteiger partial charge in [-0.3, -0.25) is 14.4 Å². The Hall–Kier alpha value is -2.08. The van der Waals surface area contributed by atoms with Crippen molar-refractivity contribution in [3.8, 4) is 0 Å². The molecule has 1 aromatic rings. The number of hydrogen-bond acceptors (Lipinski definition) is 3. The van der Waals surface area contributed by atoms with Crippen LogP contribution in [0.3, 0.4) is 0 Å². The summed E-state index contributed by atoms with van der Waals surface area (Å²) in [5.74, 6) is -0.536. The summed E-state index contributed by atoms with van der Waals surface area (Å²) in [4.78, 5) is 39.0. The van der Waals surface area contributed by atoms with E-state index in [1.165, 1.54) is 0 Å². The van der Waals surface area contributed by atoms with Crippen molar-refractivity contribution in [1.29, 1.82) is 0 Å². The van der Waals surface area contributed by atoms with Crippen LogP contribution in [0.1, 0.15) is 49.9 Å². The monoisotopic (exact) mass is 393 g/mol. The number of hydrogen-bond donors (Lipinski definition) is 2. The topological polar surface area (TPSA) is 78.5 Å². The van der Waals surface area contributed by atoms with Crippen LogP contribution in [0.25, 0.3) is 0 Å². The summed E-state index contributed by atoms with van der Waals surface area (Å²) in [7, 11) is 0. The summed E-state index contributed by atoms with van der Waals surface area (Å²) < 4.78 is 0. The molecule has 0 bridgehead atoms. The maximum absolute atomic E-state index is 12.6. The van der Waals surface area contributed by atoms with Crippen LogP contribution >= 0.6 is 11.6 Å². The van der Waals surface area contributed by atoms with Crippen molar-refractivity contribution < 1.29 is 14.4 Å². The molecule has 2 rings (SSSR count).